The molecule has 0 atom stereocenters. The van der Waals surface area contributed by atoms with Crippen LogP contribution in [0.1, 0.15) is 181 Å². The molecule has 2 bridgehead atoms. The molecule has 0 spiro atoms. The molecule has 1 aromatic heterocycles. The number of benzene rings is 6. The van der Waals surface area contributed by atoms with Gasteiger partial charge in [-0.1, -0.05) is 158 Å². The Morgan fingerprint density at radius 2 is 1.03 bits per heavy atom. The molecular weight excluding hydrogens is 864 g/mol. The standard InChI is InChI=1S/C66H75BN2S/c1-60(2,3)41-21-25-52(45(33-41)40-19-17-16-18-20-40)69-53-26-22-42(61(4,5)6)34-51(53)67-57-54(35-43(36-55(57)69)62(7,8)9)68(44-23-24-47-48(37-44)64(12,13)28-27-63(47,10)11)58-46-38-49-50(39-56(46)70-59(58)67)66(15)31-29-65(49,14)30-32-66/h16-26,33-39H,27-32H2,1-15H3. The first-order valence-electron chi connectivity index (χ1n) is 26.7. The molecule has 6 aromatic carbocycles. The molecule has 358 valence electrons. The molecule has 6 aliphatic rings. The number of hydrogen-bond donors (Lipinski definition) is 0. The van der Waals surface area contributed by atoms with Gasteiger partial charge in [0, 0.05) is 43.2 Å². The zero-order chi connectivity index (χ0) is 49.5. The van der Waals surface area contributed by atoms with Crippen molar-refractivity contribution in [2.75, 3.05) is 9.80 Å². The number of hydrogen-bond acceptors (Lipinski definition) is 3. The van der Waals surface area contributed by atoms with Crippen LogP contribution in [0.4, 0.5) is 34.1 Å². The van der Waals surface area contributed by atoms with Crippen molar-refractivity contribution in [2.24, 2.45) is 0 Å². The van der Waals surface area contributed by atoms with Crippen LogP contribution in [-0.2, 0) is 37.9 Å². The number of fused-ring (bicyclic) bond motifs is 9. The van der Waals surface area contributed by atoms with Gasteiger partial charge in [0.1, 0.15) is 0 Å². The number of anilines is 6. The van der Waals surface area contributed by atoms with E-state index in [1.165, 1.54) is 137 Å². The maximum atomic E-state index is 2.78. The molecule has 4 aliphatic carbocycles. The van der Waals surface area contributed by atoms with Crippen LogP contribution in [0, 0.1) is 0 Å². The van der Waals surface area contributed by atoms with E-state index in [0.717, 1.165) is 0 Å². The van der Waals surface area contributed by atoms with Gasteiger partial charge >= 0.3 is 0 Å². The summed E-state index contributed by atoms with van der Waals surface area (Å²) in [5.41, 5.74) is 24.0. The quantitative estimate of drug-likeness (QED) is 0.163. The fraction of sp³-hybridized carbons (Fsp3) is 0.424. The van der Waals surface area contributed by atoms with Crippen LogP contribution < -0.4 is 25.5 Å². The topological polar surface area (TPSA) is 6.48 Å². The molecular formula is C66H75BN2S. The van der Waals surface area contributed by atoms with Crippen LogP contribution in [0.25, 0.3) is 21.2 Å². The Balaban J connectivity index is 1.23. The van der Waals surface area contributed by atoms with Crippen molar-refractivity contribution in [1.82, 2.24) is 0 Å². The Hall–Kier alpha value is -5.06. The fourth-order valence-corrected chi connectivity index (χ4v) is 15.0. The molecule has 0 N–H and O–H groups in total. The van der Waals surface area contributed by atoms with E-state index in [1.807, 2.05) is 0 Å². The van der Waals surface area contributed by atoms with Crippen LogP contribution in [-0.4, -0.2) is 6.71 Å². The fourth-order valence-electron chi connectivity index (χ4n) is 13.6. The van der Waals surface area contributed by atoms with Gasteiger partial charge in [-0.05, 0) is 186 Å². The molecule has 0 saturated heterocycles. The minimum Gasteiger partial charge on any atom is -0.311 e. The SMILES string of the molecule is CC(C)(C)c1ccc2c(c1)B1c3sc4cc5c(cc4c3N(c3ccc4c(c3)C(C)(C)CCC4(C)C)c3cc(C(C)(C)C)cc(c31)N2c1ccc(C(C)(C)C)cc1-c1ccccc1)C1(C)CCC5(C)CC1. The summed E-state index contributed by atoms with van der Waals surface area (Å²) < 4.78 is 2.92. The molecule has 3 heterocycles. The molecule has 7 aromatic rings. The van der Waals surface area contributed by atoms with Crippen molar-refractivity contribution in [3.63, 3.8) is 0 Å². The van der Waals surface area contributed by atoms with Crippen molar-refractivity contribution < 1.29 is 0 Å². The maximum Gasteiger partial charge on any atom is 0.264 e. The molecule has 4 heteroatoms. The third-order valence-electron chi connectivity index (χ3n) is 18.6. The van der Waals surface area contributed by atoms with E-state index in [9.17, 15) is 0 Å². The summed E-state index contributed by atoms with van der Waals surface area (Å²) in [4.78, 5) is 5.47. The van der Waals surface area contributed by atoms with Crippen molar-refractivity contribution >= 4 is 78.0 Å². The zero-order valence-corrected chi connectivity index (χ0v) is 45.8. The third kappa shape index (κ3) is 6.77. The molecule has 0 unspecified atom stereocenters. The normalized spacial score (nSPS) is 21.8. The van der Waals surface area contributed by atoms with Crippen LogP contribution >= 0.6 is 11.3 Å². The van der Waals surface area contributed by atoms with E-state index in [1.54, 1.807) is 11.1 Å². The van der Waals surface area contributed by atoms with Crippen molar-refractivity contribution in [3.8, 4) is 11.1 Å². The lowest BCUT2D eigenvalue weighted by Crippen LogP contribution is -2.60. The van der Waals surface area contributed by atoms with E-state index in [0.29, 0.717) is 0 Å². The average Bonchev–Trinajstić information content (AvgIpc) is 3.68. The lowest BCUT2D eigenvalue weighted by atomic mass is 9.36. The molecule has 1 fully saturated rings. The second-order valence-corrected chi connectivity index (χ2v) is 28.6. The predicted molar refractivity (Wildman–Crippen MR) is 306 cm³/mol. The van der Waals surface area contributed by atoms with Crippen LogP contribution in [0.5, 0.6) is 0 Å². The summed E-state index contributed by atoms with van der Waals surface area (Å²) in [6.07, 6.45) is 7.51. The van der Waals surface area contributed by atoms with E-state index in [-0.39, 0.29) is 44.6 Å². The van der Waals surface area contributed by atoms with Gasteiger partial charge in [0.05, 0.1) is 11.4 Å². The lowest BCUT2D eigenvalue weighted by Gasteiger charge is -2.52. The van der Waals surface area contributed by atoms with Crippen molar-refractivity contribution in [1.29, 1.82) is 0 Å². The summed E-state index contributed by atoms with van der Waals surface area (Å²) >= 11 is 2.09. The van der Waals surface area contributed by atoms with E-state index in [4.69, 9.17) is 0 Å². The Kier molecular flexibility index (Phi) is 9.72. The highest BCUT2D eigenvalue weighted by molar-refractivity contribution is 7.33. The highest BCUT2D eigenvalue weighted by Crippen LogP contribution is 2.59. The lowest BCUT2D eigenvalue weighted by molar-refractivity contribution is 0.188. The highest BCUT2D eigenvalue weighted by atomic mass is 32.1. The van der Waals surface area contributed by atoms with E-state index < -0.39 is 0 Å². The first kappa shape index (κ1) is 46.0. The summed E-state index contributed by atoms with van der Waals surface area (Å²) in [6, 6.07) is 44.3. The molecule has 1 saturated carbocycles. The molecule has 0 amide bonds. The number of thiophene rings is 1. The Morgan fingerprint density at radius 3 is 1.64 bits per heavy atom. The zero-order valence-electron chi connectivity index (χ0n) is 45.0. The van der Waals surface area contributed by atoms with Gasteiger partial charge in [0.25, 0.3) is 6.71 Å². The largest absolute Gasteiger partial charge is 0.311 e. The summed E-state index contributed by atoms with van der Waals surface area (Å²) in [6.45, 7) is 36.5. The monoisotopic (exact) mass is 939 g/mol. The molecule has 70 heavy (non-hydrogen) atoms. The van der Waals surface area contributed by atoms with Gasteiger partial charge < -0.3 is 9.80 Å². The van der Waals surface area contributed by atoms with Gasteiger partial charge in [0.2, 0.25) is 0 Å². The highest BCUT2D eigenvalue weighted by Gasteiger charge is 2.51. The minimum atomic E-state index is -0.117. The number of rotatable bonds is 3. The van der Waals surface area contributed by atoms with Crippen LogP contribution in [0.2, 0.25) is 0 Å². The average molecular weight is 939 g/mol. The summed E-state index contributed by atoms with van der Waals surface area (Å²) in [7, 11) is 0. The molecule has 2 nitrogen and oxygen atoms in total. The second-order valence-electron chi connectivity index (χ2n) is 27.5. The first-order valence-corrected chi connectivity index (χ1v) is 27.5. The van der Waals surface area contributed by atoms with Crippen LogP contribution in [0.15, 0.2) is 109 Å². The Bertz CT molecular complexity index is 3320. The molecule has 2 aliphatic heterocycles. The van der Waals surface area contributed by atoms with E-state index >= 15 is 0 Å². The number of nitrogens with zero attached hydrogens (tertiary/aromatic N) is 2. The second kappa shape index (κ2) is 14.8. The van der Waals surface area contributed by atoms with Crippen molar-refractivity contribution in [2.45, 2.75) is 180 Å². The Labute approximate surface area is 425 Å². The summed E-state index contributed by atoms with van der Waals surface area (Å²) in [5.74, 6) is 0. The van der Waals surface area contributed by atoms with Gasteiger partial charge in [-0.15, -0.1) is 11.3 Å². The van der Waals surface area contributed by atoms with Gasteiger partial charge in [-0.25, -0.2) is 0 Å². The molecule has 0 radical (unpaired) electrons. The van der Waals surface area contributed by atoms with E-state index in [2.05, 4.69) is 234 Å². The molecule has 13 rings (SSSR count). The third-order valence-corrected chi connectivity index (χ3v) is 19.8. The maximum absolute atomic E-state index is 2.78. The Morgan fingerprint density at radius 1 is 0.471 bits per heavy atom. The van der Waals surface area contributed by atoms with Crippen molar-refractivity contribution in [3.05, 3.63) is 148 Å². The van der Waals surface area contributed by atoms with Gasteiger partial charge in [-0.2, -0.15) is 0 Å². The summed E-state index contributed by atoms with van der Waals surface area (Å²) in [5, 5.41) is 1.43. The van der Waals surface area contributed by atoms with Gasteiger partial charge in [-0.3, -0.25) is 0 Å². The first-order chi connectivity index (χ1) is 32.8. The predicted octanol–water partition coefficient (Wildman–Crippen LogP) is 17.0. The smallest absolute Gasteiger partial charge is 0.264 e. The van der Waals surface area contributed by atoms with Crippen LogP contribution in [0.3, 0.4) is 0 Å². The minimum absolute atomic E-state index is 0.00972. The van der Waals surface area contributed by atoms with Gasteiger partial charge in [0.15, 0.2) is 0 Å².